The molecule has 1 aliphatic rings. The Morgan fingerprint density at radius 1 is 1.39 bits per heavy atom. The number of likely N-dealkylation sites (tertiary alicyclic amines) is 1. The molecule has 1 fully saturated rings. The van der Waals surface area contributed by atoms with Crippen LogP contribution in [0.25, 0.3) is 11.4 Å². The maximum Gasteiger partial charge on any atom is 0.322 e. The molecule has 0 aliphatic carbocycles. The fraction of sp³-hybridized carbons (Fsp3) is 0.476. The van der Waals surface area contributed by atoms with Gasteiger partial charge in [0.2, 0.25) is 0 Å². The van der Waals surface area contributed by atoms with E-state index < -0.39 is 5.82 Å². The maximum absolute atomic E-state index is 13.1. The summed E-state index contributed by atoms with van der Waals surface area (Å²) in [6.07, 6.45) is 4.14. The van der Waals surface area contributed by atoms with Crippen molar-refractivity contribution in [1.82, 2.24) is 14.9 Å². The van der Waals surface area contributed by atoms with E-state index in [0.717, 1.165) is 36.4 Å². The number of rotatable bonds is 4. The van der Waals surface area contributed by atoms with Crippen molar-refractivity contribution in [2.45, 2.75) is 45.8 Å². The van der Waals surface area contributed by atoms with Crippen LogP contribution < -0.4 is 5.32 Å². The number of aryl methyl sites for hydroxylation is 1. The number of halogens is 1. The predicted octanol–water partition coefficient (Wildman–Crippen LogP) is 4.50. The highest BCUT2D eigenvalue weighted by molar-refractivity contribution is 5.90. The van der Waals surface area contributed by atoms with E-state index in [0.29, 0.717) is 24.0 Å². The number of carbonyl (C=O) groups is 1. The highest BCUT2D eigenvalue weighted by atomic mass is 19.1. The summed E-state index contributed by atoms with van der Waals surface area (Å²) in [7, 11) is 1.68. The summed E-state index contributed by atoms with van der Waals surface area (Å²) in [6.45, 7) is 6.83. The van der Waals surface area contributed by atoms with Crippen molar-refractivity contribution in [2.75, 3.05) is 19.0 Å². The molecule has 28 heavy (non-hydrogen) atoms. The van der Waals surface area contributed by atoms with Crippen LogP contribution >= 0.6 is 0 Å². The zero-order valence-electron chi connectivity index (χ0n) is 16.8. The van der Waals surface area contributed by atoms with Crippen molar-refractivity contribution in [3.8, 4) is 11.4 Å². The third-order valence-corrected chi connectivity index (χ3v) is 5.43. The molecule has 0 radical (unpaired) electrons. The van der Waals surface area contributed by atoms with Gasteiger partial charge in [-0.3, -0.25) is 0 Å². The average molecular weight is 388 g/mol. The molecular formula is C21H29FN4O2. The zero-order valence-corrected chi connectivity index (χ0v) is 16.8. The standard InChI is InChI=1S/C21H27FN4O2.H2/c1-13-7-8-26(19(9-13)15(3)28-4)21(27)25-17-6-5-14(2)18(10-17)20-23-11-16(22)12-24-20;/h5-6,10-13,15,19H,7-9H2,1-4H3,(H,25,27);1H/t13?,15-,19?;/m0./s1. The van der Waals surface area contributed by atoms with Gasteiger partial charge in [0, 0.05) is 26.3 Å². The number of hydrogen-bond donors (Lipinski definition) is 1. The SMILES string of the molecule is CO[C@@H](C)C1CC(C)CCN1C(=O)Nc1ccc(C)c(-c2ncc(F)cn2)c1.[HH]. The normalized spacial score (nSPS) is 20.7. The van der Waals surface area contributed by atoms with Crippen molar-refractivity contribution in [3.05, 3.63) is 42.0 Å². The van der Waals surface area contributed by atoms with E-state index in [-0.39, 0.29) is 19.6 Å². The lowest BCUT2D eigenvalue weighted by Crippen LogP contribution is -2.52. The van der Waals surface area contributed by atoms with Gasteiger partial charge in [0.25, 0.3) is 0 Å². The number of nitrogens with one attached hydrogen (secondary N) is 1. The first kappa shape index (κ1) is 20.2. The second-order valence-electron chi connectivity index (χ2n) is 7.52. The molecule has 6 nitrogen and oxygen atoms in total. The topological polar surface area (TPSA) is 67.3 Å². The lowest BCUT2D eigenvalue weighted by molar-refractivity contribution is 0.0160. The highest BCUT2D eigenvalue weighted by Gasteiger charge is 2.33. The molecule has 1 saturated heterocycles. The number of urea groups is 1. The quantitative estimate of drug-likeness (QED) is 0.837. The molecule has 3 atom stereocenters. The molecule has 1 aliphatic heterocycles. The number of methoxy groups -OCH3 is 1. The molecular weight excluding hydrogens is 359 g/mol. The molecule has 2 unspecified atom stereocenters. The molecule has 1 aromatic heterocycles. The molecule has 1 N–H and O–H groups in total. The third kappa shape index (κ3) is 4.47. The maximum atomic E-state index is 13.1. The Balaban J connectivity index is 0.00000300. The van der Waals surface area contributed by atoms with Gasteiger partial charge in [0.05, 0.1) is 24.5 Å². The Labute approximate surface area is 166 Å². The minimum atomic E-state index is -0.483. The summed E-state index contributed by atoms with van der Waals surface area (Å²) in [5.41, 5.74) is 2.36. The van der Waals surface area contributed by atoms with Crippen molar-refractivity contribution < 1.29 is 15.3 Å². The Morgan fingerprint density at radius 3 is 2.79 bits per heavy atom. The Morgan fingerprint density at radius 2 is 2.11 bits per heavy atom. The van der Waals surface area contributed by atoms with Crippen LogP contribution in [0.5, 0.6) is 0 Å². The number of aromatic nitrogens is 2. The third-order valence-electron chi connectivity index (χ3n) is 5.43. The van der Waals surface area contributed by atoms with Crippen molar-refractivity contribution in [1.29, 1.82) is 0 Å². The van der Waals surface area contributed by atoms with Gasteiger partial charge in [0.15, 0.2) is 11.6 Å². The lowest BCUT2D eigenvalue weighted by atomic mass is 9.90. The van der Waals surface area contributed by atoms with Gasteiger partial charge in [-0.25, -0.2) is 19.2 Å². The average Bonchev–Trinajstić information content (AvgIpc) is 2.69. The van der Waals surface area contributed by atoms with Gasteiger partial charge in [-0.1, -0.05) is 13.0 Å². The molecule has 0 bridgehead atoms. The fourth-order valence-corrected chi connectivity index (χ4v) is 3.62. The van der Waals surface area contributed by atoms with Crippen LogP contribution in [0.2, 0.25) is 0 Å². The summed E-state index contributed by atoms with van der Waals surface area (Å²) in [5, 5.41) is 2.99. The molecule has 2 aromatic rings. The largest absolute Gasteiger partial charge is 0.380 e. The summed E-state index contributed by atoms with van der Waals surface area (Å²) in [6, 6.07) is 5.46. The van der Waals surface area contributed by atoms with Crippen molar-refractivity contribution >= 4 is 11.7 Å². The molecule has 7 heteroatoms. The van der Waals surface area contributed by atoms with E-state index >= 15 is 0 Å². The van der Waals surface area contributed by atoms with Gasteiger partial charge in [-0.15, -0.1) is 0 Å². The summed E-state index contributed by atoms with van der Waals surface area (Å²) >= 11 is 0. The van der Waals surface area contributed by atoms with Gasteiger partial charge >= 0.3 is 6.03 Å². The molecule has 2 amide bonds. The van der Waals surface area contributed by atoms with Gasteiger partial charge in [0.1, 0.15) is 0 Å². The minimum absolute atomic E-state index is 0. The van der Waals surface area contributed by atoms with E-state index in [1.54, 1.807) is 7.11 Å². The monoisotopic (exact) mass is 388 g/mol. The molecule has 1 aromatic carbocycles. The predicted molar refractivity (Wildman–Crippen MR) is 109 cm³/mol. The van der Waals surface area contributed by atoms with Gasteiger partial charge in [-0.2, -0.15) is 0 Å². The first-order valence-corrected chi connectivity index (χ1v) is 9.58. The lowest BCUT2D eigenvalue weighted by Gasteiger charge is -2.41. The van der Waals surface area contributed by atoms with E-state index in [4.69, 9.17) is 4.74 Å². The number of piperidine rings is 1. The van der Waals surface area contributed by atoms with E-state index in [2.05, 4.69) is 22.2 Å². The second-order valence-corrected chi connectivity index (χ2v) is 7.52. The Bertz CT molecular complexity index is 834. The number of ether oxygens (including phenoxy) is 1. The van der Waals surface area contributed by atoms with Crippen LogP contribution in [0, 0.1) is 18.7 Å². The second kappa shape index (κ2) is 8.65. The Kier molecular flexibility index (Phi) is 6.24. The van der Waals surface area contributed by atoms with Crippen LogP contribution in [-0.2, 0) is 4.74 Å². The number of benzene rings is 1. The van der Waals surface area contributed by atoms with Gasteiger partial charge in [-0.05, 0) is 50.3 Å². The van der Waals surface area contributed by atoms with Crippen LogP contribution in [0.3, 0.4) is 0 Å². The summed E-state index contributed by atoms with van der Waals surface area (Å²) < 4.78 is 18.6. The molecule has 0 spiro atoms. The number of nitrogens with zero attached hydrogens (tertiary/aromatic N) is 3. The zero-order chi connectivity index (χ0) is 20.3. The van der Waals surface area contributed by atoms with Crippen LogP contribution in [0.1, 0.15) is 33.7 Å². The van der Waals surface area contributed by atoms with Crippen molar-refractivity contribution in [3.63, 3.8) is 0 Å². The molecule has 0 saturated carbocycles. The first-order chi connectivity index (χ1) is 13.4. The smallest absolute Gasteiger partial charge is 0.322 e. The van der Waals surface area contributed by atoms with E-state index in [1.165, 1.54) is 0 Å². The van der Waals surface area contributed by atoms with Crippen LogP contribution in [0.4, 0.5) is 14.9 Å². The number of anilines is 1. The highest BCUT2D eigenvalue weighted by Crippen LogP contribution is 2.28. The van der Waals surface area contributed by atoms with E-state index in [1.807, 2.05) is 36.9 Å². The minimum Gasteiger partial charge on any atom is -0.380 e. The first-order valence-electron chi connectivity index (χ1n) is 9.58. The van der Waals surface area contributed by atoms with Gasteiger partial charge < -0.3 is 15.0 Å². The Hall–Kier alpha value is -2.54. The number of hydrogen-bond acceptors (Lipinski definition) is 4. The van der Waals surface area contributed by atoms with Crippen molar-refractivity contribution in [2.24, 2.45) is 5.92 Å². The number of amides is 2. The fourth-order valence-electron chi connectivity index (χ4n) is 3.62. The molecule has 3 rings (SSSR count). The summed E-state index contributed by atoms with van der Waals surface area (Å²) in [4.78, 5) is 22.9. The summed E-state index contributed by atoms with van der Waals surface area (Å²) in [5.74, 6) is 0.504. The number of carbonyl (C=O) groups excluding carboxylic acids is 1. The van der Waals surface area contributed by atoms with Crippen LogP contribution in [-0.4, -0.2) is 46.7 Å². The molecule has 152 valence electrons. The van der Waals surface area contributed by atoms with Crippen LogP contribution in [0.15, 0.2) is 30.6 Å². The van der Waals surface area contributed by atoms with E-state index in [9.17, 15) is 9.18 Å². The molecule has 2 heterocycles.